The van der Waals surface area contributed by atoms with Crippen LogP contribution in [0.1, 0.15) is 25.8 Å². The lowest BCUT2D eigenvalue weighted by Gasteiger charge is -2.17. The van der Waals surface area contributed by atoms with E-state index in [4.69, 9.17) is 0 Å². The normalized spacial score (nSPS) is 13.6. The molecule has 118 valence electrons. The number of benzene rings is 1. The molecular weight excluding hydrogens is 294 g/mol. The van der Waals surface area contributed by atoms with Gasteiger partial charge in [0, 0.05) is 25.5 Å². The third-order valence-electron chi connectivity index (χ3n) is 3.53. The summed E-state index contributed by atoms with van der Waals surface area (Å²) >= 11 is 1.48. The molecule has 0 fully saturated rings. The Morgan fingerprint density at radius 1 is 1.32 bits per heavy atom. The van der Waals surface area contributed by atoms with Crippen molar-refractivity contribution in [1.82, 2.24) is 14.9 Å². The summed E-state index contributed by atoms with van der Waals surface area (Å²) < 4.78 is 1.92. The maximum absolute atomic E-state index is 12.2. The lowest BCUT2D eigenvalue weighted by Crippen LogP contribution is -2.38. The van der Waals surface area contributed by atoms with Crippen molar-refractivity contribution in [3.05, 3.63) is 48.3 Å². The van der Waals surface area contributed by atoms with Gasteiger partial charge in [-0.3, -0.25) is 4.79 Å². The molecule has 22 heavy (non-hydrogen) atoms. The number of aromatic nitrogens is 2. The van der Waals surface area contributed by atoms with E-state index in [0.29, 0.717) is 0 Å². The fourth-order valence-corrected chi connectivity index (χ4v) is 2.98. The molecule has 5 heteroatoms. The average molecular weight is 317 g/mol. The highest BCUT2D eigenvalue weighted by Gasteiger charge is 2.18. The predicted molar refractivity (Wildman–Crippen MR) is 90.9 cm³/mol. The second kappa shape index (κ2) is 8.03. The quantitative estimate of drug-likeness (QED) is 0.799. The molecule has 2 unspecified atom stereocenters. The van der Waals surface area contributed by atoms with E-state index >= 15 is 0 Å². The summed E-state index contributed by atoms with van der Waals surface area (Å²) in [6.07, 6.45) is 5.55. The zero-order valence-electron chi connectivity index (χ0n) is 13.3. The van der Waals surface area contributed by atoms with E-state index in [-0.39, 0.29) is 17.2 Å². The van der Waals surface area contributed by atoms with E-state index in [1.165, 1.54) is 17.3 Å². The molecule has 1 heterocycles. The molecule has 0 aliphatic rings. The molecular formula is C17H23N3OS. The number of nitrogens with one attached hydrogen (secondary N) is 1. The summed E-state index contributed by atoms with van der Waals surface area (Å²) in [4.78, 5) is 16.5. The highest BCUT2D eigenvalue weighted by atomic mass is 32.2. The molecule has 2 aromatic rings. The zero-order valence-corrected chi connectivity index (χ0v) is 14.1. The molecule has 4 nitrogen and oxygen atoms in total. The Balaban J connectivity index is 1.77. The lowest BCUT2D eigenvalue weighted by molar-refractivity contribution is -0.120. The number of rotatable bonds is 7. The van der Waals surface area contributed by atoms with Crippen LogP contribution in [0.25, 0.3) is 0 Å². The summed E-state index contributed by atoms with van der Waals surface area (Å²) in [5, 5.41) is 3.79. The Morgan fingerprint density at radius 3 is 2.68 bits per heavy atom. The second-order valence-corrected chi connectivity index (χ2v) is 6.82. The van der Waals surface area contributed by atoms with Crippen LogP contribution >= 0.6 is 11.8 Å². The summed E-state index contributed by atoms with van der Waals surface area (Å²) in [7, 11) is 1.93. The largest absolute Gasteiger partial charge is 0.353 e. The first kappa shape index (κ1) is 16.6. The molecule has 0 radical (unpaired) electrons. The third kappa shape index (κ3) is 4.91. The SMILES string of the molecule is CC(CCc1ccccc1)NC(=O)C(C)Sc1nccn1C. The van der Waals surface area contributed by atoms with E-state index in [9.17, 15) is 4.79 Å². The maximum Gasteiger partial charge on any atom is 0.233 e. The van der Waals surface area contributed by atoms with Crippen molar-refractivity contribution in [2.24, 2.45) is 7.05 Å². The molecule has 2 rings (SSSR count). The Labute approximate surface area is 136 Å². The van der Waals surface area contributed by atoms with E-state index in [0.717, 1.165) is 18.0 Å². The van der Waals surface area contributed by atoms with Gasteiger partial charge in [-0.05, 0) is 32.3 Å². The fourth-order valence-electron chi connectivity index (χ4n) is 2.14. The summed E-state index contributed by atoms with van der Waals surface area (Å²) in [6, 6.07) is 10.5. The van der Waals surface area contributed by atoms with Crippen LogP contribution in [0.4, 0.5) is 0 Å². The highest BCUT2D eigenvalue weighted by molar-refractivity contribution is 8.00. The van der Waals surface area contributed by atoms with Crippen molar-refractivity contribution in [2.75, 3.05) is 0 Å². The first-order chi connectivity index (χ1) is 10.6. The van der Waals surface area contributed by atoms with Gasteiger partial charge in [0.1, 0.15) is 0 Å². The molecule has 0 bridgehead atoms. The van der Waals surface area contributed by atoms with Gasteiger partial charge in [0.25, 0.3) is 0 Å². The molecule has 0 spiro atoms. The van der Waals surface area contributed by atoms with Crippen LogP contribution in [-0.2, 0) is 18.3 Å². The number of thioether (sulfide) groups is 1. The van der Waals surface area contributed by atoms with Crippen molar-refractivity contribution in [2.45, 2.75) is 43.1 Å². The van der Waals surface area contributed by atoms with Crippen LogP contribution in [0.15, 0.2) is 47.9 Å². The van der Waals surface area contributed by atoms with Crippen LogP contribution in [0.3, 0.4) is 0 Å². The molecule has 1 aromatic carbocycles. The van der Waals surface area contributed by atoms with E-state index in [1.54, 1.807) is 6.20 Å². The van der Waals surface area contributed by atoms with Gasteiger partial charge in [-0.25, -0.2) is 4.98 Å². The smallest absolute Gasteiger partial charge is 0.233 e. The van der Waals surface area contributed by atoms with Crippen molar-refractivity contribution in [3.63, 3.8) is 0 Å². The van der Waals surface area contributed by atoms with Gasteiger partial charge >= 0.3 is 0 Å². The van der Waals surface area contributed by atoms with Crippen LogP contribution in [-0.4, -0.2) is 26.8 Å². The van der Waals surface area contributed by atoms with E-state index in [2.05, 4.69) is 29.4 Å². The van der Waals surface area contributed by atoms with Gasteiger partial charge in [0.05, 0.1) is 5.25 Å². The topological polar surface area (TPSA) is 46.9 Å². The molecule has 1 N–H and O–H groups in total. The van der Waals surface area contributed by atoms with Gasteiger partial charge in [-0.1, -0.05) is 42.1 Å². The summed E-state index contributed by atoms with van der Waals surface area (Å²) in [6.45, 7) is 3.97. The number of carbonyl (C=O) groups excluding carboxylic acids is 1. The second-order valence-electron chi connectivity index (χ2n) is 5.51. The van der Waals surface area contributed by atoms with Gasteiger partial charge < -0.3 is 9.88 Å². The van der Waals surface area contributed by atoms with Crippen molar-refractivity contribution in [1.29, 1.82) is 0 Å². The number of aryl methyl sites for hydroxylation is 2. The third-order valence-corrected chi connectivity index (χ3v) is 4.70. The monoisotopic (exact) mass is 317 g/mol. The number of amides is 1. The van der Waals surface area contributed by atoms with Crippen LogP contribution in [0.5, 0.6) is 0 Å². The number of hydrogen-bond acceptors (Lipinski definition) is 3. The maximum atomic E-state index is 12.2. The van der Waals surface area contributed by atoms with Crippen molar-refractivity contribution < 1.29 is 4.79 Å². The van der Waals surface area contributed by atoms with Crippen LogP contribution in [0.2, 0.25) is 0 Å². The number of carbonyl (C=O) groups is 1. The number of imidazole rings is 1. The molecule has 0 saturated heterocycles. The Kier molecular flexibility index (Phi) is 6.07. The van der Waals surface area contributed by atoms with Gasteiger partial charge in [0.15, 0.2) is 5.16 Å². The van der Waals surface area contributed by atoms with Crippen molar-refractivity contribution >= 4 is 17.7 Å². The minimum absolute atomic E-state index is 0.0635. The van der Waals surface area contributed by atoms with E-state index in [1.807, 2.05) is 42.9 Å². The van der Waals surface area contributed by atoms with Gasteiger partial charge in [0.2, 0.25) is 5.91 Å². The number of nitrogens with zero attached hydrogens (tertiary/aromatic N) is 2. The van der Waals surface area contributed by atoms with Gasteiger partial charge in [-0.2, -0.15) is 0 Å². The lowest BCUT2D eigenvalue weighted by atomic mass is 10.1. The minimum Gasteiger partial charge on any atom is -0.353 e. The Hall–Kier alpha value is -1.75. The van der Waals surface area contributed by atoms with E-state index < -0.39 is 0 Å². The van der Waals surface area contributed by atoms with Crippen LogP contribution in [0, 0.1) is 0 Å². The molecule has 0 aliphatic heterocycles. The summed E-state index contributed by atoms with van der Waals surface area (Å²) in [5.74, 6) is 0.0635. The highest BCUT2D eigenvalue weighted by Crippen LogP contribution is 2.20. The minimum atomic E-state index is -0.153. The average Bonchev–Trinajstić information content (AvgIpc) is 2.91. The fraction of sp³-hybridized carbons (Fsp3) is 0.412. The molecule has 1 amide bonds. The Bertz CT molecular complexity index is 597. The van der Waals surface area contributed by atoms with Gasteiger partial charge in [-0.15, -0.1) is 0 Å². The molecule has 1 aromatic heterocycles. The standard InChI is InChI=1S/C17H23N3OS/c1-13(9-10-15-7-5-4-6-8-15)19-16(21)14(2)22-17-18-11-12-20(17)3/h4-8,11-14H,9-10H2,1-3H3,(H,19,21). The molecule has 2 atom stereocenters. The Morgan fingerprint density at radius 2 is 2.05 bits per heavy atom. The molecule has 0 aliphatic carbocycles. The first-order valence-corrected chi connectivity index (χ1v) is 8.42. The number of hydrogen-bond donors (Lipinski definition) is 1. The van der Waals surface area contributed by atoms with Crippen LogP contribution < -0.4 is 5.32 Å². The summed E-state index contributed by atoms with van der Waals surface area (Å²) in [5.41, 5.74) is 1.30. The predicted octanol–water partition coefficient (Wildman–Crippen LogP) is 3.04. The molecule has 0 saturated carbocycles. The van der Waals surface area contributed by atoms with Crippen molar-refractivity contribution in [3.8, 4) is 0 Å². The zero-order chi connectivity index (χ0) is 15.9. The first-order valence-electron chi connectivity index (χ1n) is 7.54.